The highest BCUT2D eigenvalue weighted by Gasteiger charge is 2.35. The zero-order valence-electron chi connectivity index (χ0n) is 9.88. The van der Waals surface area contributed by atoms with E-state index in [-0.39, 0.29) is 11.5 Å². The third kappa shape index (κ3) is 1.81. The Bertz CT molecular complexity index is 366. The Morgan fingerprint density at radius 2 is 2.13 bits per heavy atom. The molecule has 0 aliphatic heterocycles. The van der Waals surface area contributed by atoms with Gasteiger partial charge in [0.2, 0.25) is 0 Å². The molecule has 2 rings (SSSR count). The first-order chi connectivity index (χ1) is 7.04. The van der Waals surface area contributed by atoms with Crippen molar-refractivity contribution in [3.63, 3.8) is 0 Å². The van der Waals surface area contributed by atoms with Crippen molar-refractivity contribution < 1.29 is 5.11 Å². The smallest absolute Gasteiger partial charge is 0.0801 e. The Hall–Kier alpha value is -0.820. The van der Waals surface area contributed by atoms with E-state index in [0.717, 1.165) is 24.8 Å². The lowest BCUT2D eigenvalue weighted by Gasteiger charge is -2.18. The summed E-state index contributed by atoms with van der Waals surface area (Å²) in [6.45, 7) is 6.61. The third-order valence-electron chi connectivity index (χ3n) is 3.45. The summed E-state index contributed by atoms with van der Waals surface area (Å²) in [5.41, 5.74) is 3.98. The molecule has 0 spiro atoms. The van der Waals surface area contributed by atoms with E-state index >= 15 is 0 Å². The molecule has 1 atom stereocenters. The van der Waals surface area contributed by atoms with Crippen molar-refractivity contribution in [3.05, 3.63) is 34.9 Å². The van der Waals surface area contributed by atoms with Gasteiger partial charge in [0.15, 0.2) is 0 Å². The predicted molar refractivity (Wildman–Crippen MR) is 63.0 cm³/mol. The van der Waals surface area contributed by atoms with Gasteiger partial charge >= 0.3 is 0 Å². The first-order valence-electron chi connectivity index (χ1n) is 5.86. The van der Waals surface area contributed by atoms with Crippen LogP contribution in [0.4, 0.5) is 0 Å². The summed E-state index contributed by atoms with van der Waals surface area (Å²) < 4.78 is 0. The van der Waals surface area contributed by atoms with Crippen molar-refractivity contribution >= 4 is 0 Å². The van der Waals surface area contributed by atoms with E-state index in [2.05, 4.69) is 39.0 Å². The Balaban J connectivity index is 2.41. The normalized spacial score (nSPS) is 22.8. The maximum atomic E-state index is 10.0. The Kier molecular flexibility index (Phi) is 2.59. The fraction of sp³-hybridized carbons (Fsp3) is 0.571. The van der Waals surface area contributed by atoms with E-state index < -0.39 is 0 Å². The van der Waals surface area contributed by atoms with Crippen molar-refractivity contribution in [1.82, 2.24) is 0 Å². The second-order valence-corrected chi connectivity index (χ2v) is 5.28. The van der Waals surface area contributed by atoms with Gasteiger partial charge in [-0.2, -0.15) is 0 Å². The van der Waals surface area contributed by atoms with Gasteiger partial charge in [0.1, 0.15) is 0 Å². The van der Waals surface area contributed by atoms with Crippen LogP contribution in [0, 0.1) is 0 Å². The quantitative estimate of drug-likeness (QED) is 0.783. The molecule has 0 unspecified atom stereocenters. The summed E-state index contributed by atoms with van der Waals surface area (Å²) in [5, 5.41) is 10.0. The lowest BCUT2D eigenvalue weighted by Crippen LogP contribution is -2.12. The number of rotatable bonds is 2. The summed E-state index contributed by atoms with van der Waals surface area (Å²) in [6, 6.07) is 6.61. The van der Waals surface area contributed by atoms with E-state index in [4.69, 9.17) is 0 Å². The van der Waals surface area contributed by atoms with Crippen LogP contribution in [0.1, 0.15) is 56.4 Å². The van der Waals surface area contributed by atoms with Gasteiger partial charge in [-0.25, -0.2) is 0 Å². The van der Waals surface area contributed by atoms with Crippen molar-refractivity contribution in [2.45, 2.75) is 51.6 Å². The molecule has 0 saturated heterocycles. The molecule has 1 aromatic carbocycles. The van der Waals surface area contributed by atoms with Crippen LogP contribution >= 0.6 is 0 Å². The van der Waals surface area contributed by atoms with Gasteiger partial charge in [0, 0.05) is 0 Å². The summed E-state index contributed by atoms with van der Waals surface area (Å²) in [4.78, 5) is 0. The molecule has 0 amide bonds. The first kappa shape index (κ1) is 10.7. The first-order valence-corrected chi connectivity index (χ1v) is 5.86. The van der Waals surface area contributed by atoms with E-state index in [1.54, 1.807) is 0 Å². The maximum absolute atomic E-state index is 10.0. The molecule has 0 saturated carbocycles. The highest BCUT2D eigenvalue weighted by Crippen LogP contribution is 2.44. The Labute approximate surface area is 92.1 Å². The zero-order valence-corrected chi connectivity index (χ0v) is 9.88. The molecule has 1 aromatic rings. The number of aliphatic hydroxyl groups is 1. The highest BCUT2D eigenvalue weighted by molar-refractivity contribution is 5.42. The molecule has 0 bridgehead atoms. The van der Waals surface area contributed by atoms with Gasteiger partial charge in [0.05, 0.1) is 6.10 Å². The van der Waals surface area contributed by atoms with Crippen molar-refractivity contribution in [1.29, 1.82) is 0 Å². The second-order valence-electron chi connectivity index (χ2n) is 5.28. The zero-order chi connectivity index (χ0) is 11.1. The van der Waals surface area contributed by atoms with E-state index in [1.807, 2.05) is 0 Å². The Morgan fingerprint density at radius 3 is 2.80 bits per heavy atom. The fourth-order valence-electron chi connectivity index (χ4n) is 2.65. The second kappa shape index (κ2) is 3.64. The van der Waals surface area contributed by atoms with Gasteiger partial charge < -0.3 is 5.11 Å². The van der Waals surface area contributed by atoms with E-state index in [9.17, 15) is 5.11 Å². The number of aliphatic hydroxyl groups excluding tert-OH is 1. The van der Waals surface area contributed by atoms with Crippen LogP contribution in [0.2, 0.25) is 0 Å². The van der Waals surface area contributed by atoms with E-state index in [1.165, 1.54) is 11.1 Å². The van der Waals surface area contributed by atoms with Gasteiger partial charge in [-0.05, 0) is 34.9 Å². The van der Waals surface area contributed by atoms with Crippen LogP contribution in [0.3, 0.4) is 0 Å². The summed E-state index contributed by atoms with van der Waals surface area (Å²) >= 11 is 0. The summed E-state index contributed by atoms with van der Waals surface area (Å²) in [5.74, 6) is 0. The predicted octanol–water partition coefficient (Wildman–Crippen LogP) is 3.35. The molecule has 1 aliphatic rings. The SMILES string of the molecule is CCCc1ccc2c(c1)[C@@H](O)CC2(C)C. The van der Waals surface area contributed by atoms with Crippen LogP contribution in [-0.2, 0) is 11.8 Å². The highest BCUT2D eigenvalue weighted by atomic mass is 16.3. The molecular formula is C14H20O. The molecule has 0 heterocycles. The lowest BCUT2D eigenvalue weighted by atomic mass is 9.86. The number of benzene rings is 1. The van der Waals surface area contributed by atoms with E-state index in [0.29, 0.717) is 0 Å². The molecule has 1 heteroatoms. The van der Waals surface area contributed by atoms with Crippen LogP contribution in [0.15, 0.2) is 18.2 Å². The van der Waals surface area contributed by atoms with Gasteiger partial charge in [-0.1, -0.05) is 45.4 Å². The molecule has 0 fully saturated rings. The topological polar surface area (TPSA) is 20.2 Å². The fourth-order valence-corrected chi connectivity index (χ4v) is 2.65. The minimum Gasteiger partial charge on any atom is -0.388 e. The largest absolute Gasteiger partial charge is 0.388 e. The molecule has 1 nitrogen and oxygen atoms in total. The van der Waals surface area contributed by atoms with Crippen molar-refractivity contribution in [3.8, 4) is 0 Å². The molecule has 0 radical (unpaired) electrons. The molecular weight excluding hydrogens is 184 g/mol. The van der Waals surface area contributed by atoms with Crippen molar-refractivity contribution in [2.24, 2.45) is 0 Å². The summed E-state index contributed by atoms with van der Waals surface area (Å²) in [6.07, 6.45) is 2.88. The minimum atomic E-state index is -0.258. The van der Waals surface area contributed by atoms with Crippen LogP contribution in [0.25, 0.3) is 0 Å². The molecule has 1 N–H and O–H groups in total. The standard InChI is InChI=1S/C14H20O/c1-4-5-10-6-7-12-11(8-10)13(15)9-14(12,2)3/h6-8,13,15H,4-5,9H2,1-3H3/t13-/m0/s1. The third-order valence-corrected chi connectivity index (χ3v) is 3.45. The molecule has 0 aromatic heterocycles. The number of hydrogen-bond acceptors (Lipinski definition) is 1. The number of fused-ring (bicyclic) bond motifs is 1. The summed E-state index contributed by atoms with van der Waals surface area (Å²) in [7, 11) is 0. The average molecular weight is 204 g/mol. The van der Waals surface area contributed by atoms with Crippen molar-refractivity contribution in [2.75, 3.05) is 0 Å². The average Bonchev–Trinajstić information content (AvgIpc) is 2.38. The van der Waals surface area contributed by atoms with Crippen LogP contribution < -0.4 is 0 Å². The number of aryl methyl sites for hydroxylation is 1. The lowest BCUT2D eigenvalue weighted by molar-refractivity contribution is 0.161. The van der Waals surface area contributed by atoms with Gasteiger partial charge in [-0.3, -0.25) is 0 Å². The van der Waals surface area contributed by atoms with Crippen LogP contribution in [0.5, 0.6) is 0 Å². The van der Waals surface area contributed by atoms with Gasteiger partial charge in [-0.15, -0.1) is 0 Å². The monoisotopic (exact) mass is 204 g/mol. The minimum absolute atomic E-state index is 0.138. The molecule has 82 valence electrons. The maximum Gasteiger partial charge on any atom is 0.0801 e. The molecule has 1 aliphatic carbocycles. The Morgan fingerprint density at radius 1 is 1.40 bits per heavy atom. The number of hydrogen-bond donors (Lipinski definition) is 1. The van der Waals surface area contributed by atoms with Crippen LogP contribution in [-0.4, -0.2) is 5.11 Å². The van der Waals surface area contributed by atoms with Gasteiger partial charge in [0.25, 0.3) is 0 Å². The molecule has 15 heavy (non-hydrogen) atoms.